The lowest BCUT2D eigenvalue weighted by Crippen LogP contribution is -2.28. The molecule has 2 aromatic carbocycles. The number of nitrogens with one attached hydrogen (secondary N) is 2. The third kappa shape index (κ3) is 5.84. The maximum absolute atomic E-state index is 13.8. The molecule has 4 N–H and O–H groups in total. The fraction of sp³-hybridized carbons (Fsp3) is 0.286. The van der Waals surface area contributed by atoms with E-state index in [0.717, 1.165) is 11.1 Å². The SMILES string of the molecule is OC(CCNS)C(O)CCc1cc(-c2ncc(-c3ccc(Br)c(F)c3)[nH]2)ccc1Cl. The molecule has 0 bridgehead atoms. The zero-order valence-electron chi connectivity index (χ0n) is 15.9. The van der Waals surface area contributed by atoms with E-state index in [-0.39, 0.29) is 5.82 Å². The van der Waals surface area contributed by atoms with Crippen LogP contribution in [-0.4, -0.2) is 38.9 Å². The van der Waals surface area contributed by atoms with E-state index < -0.39 is 12.2 Å². The molecule has 9 heteroatoms. The Hall–Kier alpha value is -1.42. The van der Waals surface area contributed by atoms with Crippen molar-refractivity contribution in [3.05, 3.63) is 63.5 Å². The summed E-state index contributed by atoms with van der Waals surface area (Å²) in [7, 11) is 0. The lowest BCUT2D eigenvalue weighted by Gasteiger charge is -2.18. The second-order valence-electron chi connectivity index (χ2n) is 6.95. The van der Waals surface area contributed by atoms with Crippen LogP contribution in [0.15, 0.2) is 47.1 Å². The van der Waals surface area contributed by atoms with Gasteiger partial charge in [-0.2, -0.15) is 0 Å². The number of aryl methyl sites for hydroxylation is 1. The molecular weight excluding hydrogens is 493 g/mol. The van der Waals surface area contributed by atoms with E-state index in [0.29, 0.717) is 52.4 Å². The molecule has 3 rings (SSSR count). The standard InChI is InChI=1S/C21H22BrClFN3O2S/c22-15-4-1-13(10-17(15)24)18-11-25-21(27-18)14-2-5-16(23)12(9-14)3-6-19(28)20(29)7-8-26-30/h1-2,4-5,9-11,19-20,26,28-30H,3,6-8H2,(H,25,27). The summed E-state index contributed by atoms with van der Waals surface area (Å²) >= 11 is 13.4. The second-order valence-corrected chi connectivity index (χ2v) is 8.53. The number of benzene rings is 2. The van der Waals surface area contributed by atoms with Crippen LogP contribution < -0.4 is 4.72 Å². The average molecular weight is 515 g/mol. The lowest BCUT2D eigenvalue weighted by atomic mass is 10.0. The summed E-state index contributed by atoms with van der Waals surface area (Å²) in [6, 6.07) is 10.4. The molecule has 0 spiro atoms. The number of H-pyrrole nitrogens is 1. The highest BCUT2D eigenvalue weighted by Gasteiger charge is 2.17. The molecule has 0 aliphatic heterocycles. The fourth-order valence-corrected chi connectivity index (χ4v) is 3.68. The molecule has 5 nitrogen and oxygen atoms in total. The normalized spacial score (nSPS) is 13.4. The van der Waals surface area contributed by atoms with Gasteiger partial charge in [0.05, 0.1) is 28.6 Å². The van der Waals surface area contributed by atoms with Crippen molar-refractivity contribution in [2.75, 3.05) is 6.54 Å². The Morgan fingerprint density at radius 1 is 1.13 bits per heavy atom. The fourth-order valence-electron chi connectivity index (χ4n) is 3.09. The molecular formula is C21H22BrClFN3O2S. The molecule has 0 fully saturated rings. The minimum Gasteiger partial charge on any atom is -0.390 e. The molecule has 1 heterocycles. The number of thiol groups is 1. The van der Waals surface area contributed by atoms with Crippen LogP contribution in [0, 0.1) is 5.82 Å². The molecule has 0 aliphatic carbocycles. The second kappa shape index (κ2) is 10.7. The van der Waals surface area contributed by atoms with Crippen molar-refractivity contribution in [2.24, 2.45) is 0 Å². The number of nitrogens with zero attached hydrogens (tertiary/aromatic N) is 1. The van der Waals surface area contributed by atoms with Gasteiger partial charge in [0.25, 0.3) is 0 Å². The molecule has 0 saturated heterocycles. The van der Waals surface area contributed by atoms with Crippen molar-refractivity contribution in [1.29, 1.82) is 0 Å². The molecule has 0 amide bonds. The zero-order chi connectivity index (χ0) is 21.7. The minimum atomic E-state index is -0.853. The van der Waals surface area contributed by atoms with Crippen LogP contribution in [0.1, 0.15) is 18.4 Å². The van der Waals surface area contributed by atoms with E-state index in [9.17, 15) is 14.6 Å². The Morgan fingerprint density at radius 3 is 2.60 bits per heavy atom. The topological polar surface area (TPSA) is 81.2 Å². The Morgan fingerprint density at radius 2 is 1.87 bits per heavy atom. The highest BCUT2D eigenvalue weighted by molar-refractivity contribution is 9.10. The number of hydrogen-bond donors (Lipinski definition) is 5. The molecule has 160 valence electrons. The van der Waals surface area contributed by atoms with Crippen LogP contribution in [0.5, 0.6) is 0 Å². The molecule has 0 saturated carbocycles. The highest BCUT2D eigenvalue weighted by atomic mass is 79.9. The molecule has 0 aliphatic rings. The predicted octanol–water partition coefficient (Wildman–Crippen LogP) is 4.78. The van der Waals surface area contributed by atoms with E-state index in [4.69, 9.17) is 11.6 Å². The number of aromatic amines is 1. The highest BCUT2D eigenvalue weighted by Crippen LogP contribution is 2.28. The monoisotopic (exact) mass is 513 g/mol. The van der Waals surface area contributed by atoms with Crippen LogP contribution >= 0.6 is 40.3 Å². The van der Waals surface area contributed by atoms with Gasteiger partial charge >= 0.3 is 0 Å². The van der Waals surface area contributed by atoms with E-state index in [2.05, 4.69) is 43.4 Å². The van der Waals surface area contributed by atoms with E-state index in [1.54, 1.807) is 24.4 Å². The molecule has 1 aromatic heterocycles. The summed E-state index contributed by atoms with van der Waals surface area (Å²) in [5.41, 5.74) is 3.06. The van der Waals surface area contributed by atoms with Gasteiger partial charge in [-0.1, -0.05) is 30.5 Å². The van der Waals surface area contributed by atoms with Gasteiger partial charge in [-0.3, -0.25) is 4.72 Å². The summed E-state index contributed by atoms with van der Waals surface area (Å²) in [6.07, 6.45) is 1.26. The van der Waals surface area contributed by atoms with Crippen LogP contribution in [0.25, 0.3) is 22.6 Å². The third-order valence-electron chi connectivity index (χ3n) is 4.83. The lowest BCUT2D eigenvalue weighted by molar-refractivity contribution is 0.0113. The number of rotatable bonds is 9. The van der Waals surface area contributed by atoms with Crippen LogP contribution in [-0.2, 0) is 6.42 Å². The summed E-state index contributed by atoms with van der Waals surface area (Å²) < 4.78 is 16.9. The van der Waals surface area contributed by atoms with Gasteiger partial charge < -0.3 is 15.2 Å². The van der Waals surface area contributed by atoms with E-state index in [1.165, 1.54) is 6.07 Å². The molecule has 2 unspecified atom stereocenters. The molecule has 2 atom stereocenters. The van der Waals surface area contributed by atoms with Crippen molar-refractivity contribution < 1.29 is 14.6 Å². The predicted molar refractivity (Wildman–Crippen MR) is 124 cm³/mol. The van der Waals surface area contributed by atoms with Gasteiger partial charge in [0, 0.05) is 22.7 Å². The molecule has 0 radical (unpaired) electrons. The molecule has 3 aromatic rings. The Labute approximate surface area is 193 Å². The summed E-state index contributed by atoms with van der Waals surface area (Å²) in [6.45, 7) is 0.501. The Balaban J connectivity index is 1.73. The number of imidazole rings is 1. The van der Waals surface area contributed by atoms with Crippen molar-refractivity contribution >= 4 is 40.3 Å². The number of hydrogen-bond acceptors (Lipinski definition) is 5. The smallest absolute Gasteiger partial charge is 0.138 e. The zero-order valence-corrected chi connectivity index (χ0v) is 19.2. The Bertz CT molecular complexity index is 1000. The Kier molecular flexibility index (Phi) is 8.33. The van der Waals surface area contributed by atoms with Gasteiger partial charge in [-0.05, 0) is 71.1 Å². The van der Waals surface area contributed by atoms with Crippen molar-refractivity contribution in [2.45, 2.75) is 31.5 Å². The minimum absolute atomic E-state index is 0.344. The van der Waals surface area contributed by atoms with Crippen LogP contribution in [0.3, 0.4) is 0 Å². The van der Waals surface area contributed by atoms with Gasteiger partial charge in [0.15, 0.2) is 0 Å². The average Bonchev–Trinajstić information content (AvgIpc) is 3.23. The van der Waals surface area contributed by atoms with Crippen LogP contribution in [0.2, 0.25) is 5.02 Å². The first kappa shape index (κ1) is 23.2. The van der Waals surface area contributed by atoms with E-state index in [1.807, 2.05) is 12.1 Å². The van der Waals surface area contributed by atoms with Gasteiger partial charge in [-0.15, -0.1) is 0 Å². The third-order valence-corrected chi connectivity index (χ3v) is 6.07. The van der Waals surface area contributed by atoms with Crippen molar-refractivity contribution in [3.63, 3.8) is 0 Å². The van der Waals surface area contributed by atoms with E-state index >= 15 is 0 Å². The summed E-state index contributed by atoms with van der Waals surface area (Å²) in [4.78, 5) is 7.61. The maximum Gasteiger partial charge on any atom is 0.138 e. The maximum atomic E-state index is 13.8. The van der Waals surface area contributed by atoms with Gasteiger partial charge in [-0.25, -0.2) is 9.37 Å². The first-order valence-corrected chi connectivity index (χ1v) is 11.0. The summed E-state index contributed by atoms with van der Waals surface area (Å²) in [5, 5.41) is 20.7. The van der Waals surface area contributed by atoms with Gasteiger partial charge in [0.2, 0.25) is 0 Å². The van der Waals surface area contributed by atoms with Gasteiger partial charge in [0.1, 0.15) is 11.6 Å². The first-order valence-electron chi connectivity index (χ1n) is 9.41. The largest absolute Gasteiger partial charge is 0.390 e. The first-order chi connectivity index (χ1) is 14.4. The van der Waals surface area contributed by atoms with Crippen molar-refractivity contribution in [1.82, 2.24) is 14.7 Å². The molecule has 30 heavy (non-hydrogen) atoms. The quantitative estimate of drug-likeness (QED) is 0.266. The number of aliphatic hydroxyl groups excluding tert-OH is 2. The summed E-state index contributed by atoms with van der Waals surface area (Å²) in [5.74, 6) is 0.287. The number of halogens is 3. The van der Waals surface area contributed by atoms with Crippen molar-refractivity contribution in [3.8, 4) is 22.6 Å². The number of aliphatic hydroxyl groups is 2. The number of aromatic nitrogens is 2. The van der Waals surface area contributed by atoms with Crippen LogP contribution in [0.4, 0.5) is 4.39 Å².